The number of hydrogen-bond donors (Lipinski definition) is 2. The molecule has 0 spiro atoms. The van der Waals surface area contributed by atoms with E-state index in [0.29, 0.717) is 6.04 Å². The van der Waals surface area contributed by atoms with Crippen molar-refractivity contribution in [3.05, 3.63) is 39.3 Å². The molecule has 2 aromatic rings. The van der Waals surface area contributed by atoms with Crippen LogP contribution in [0.15, 0.2) is 16.8 Å². The van der Waals surface area contributed by atoms with Gasteiger partial charge in [-0.05, 0) is 50.3 Å². The van der Waals surface area contributed by atoms with E-state index in [1.807, 2.05) is 6.92 Å². The number of likely N-dealkylation sites (N-methyl/N-ethyl adjacent to an activating group) is 1. The average Bonchev–Trinajstić information content (AvgIpc) is 2.97. The lowest BCUT2D eigenvalue weighted by Crippen LogP contribution is -2.30. The number of thiophene rings is 1. The fourth-order valence-corrected chi connectivity index (χ4v) is 2.94. The van der Waals surface area contributed by atoms with Crippen molar-refractivity contribution in [1.29, 1.82) is 0 Å². The van der Waals surface area contributed by atoms with Crippen molar-refractivity contribution >= 4 is 11.3 Å². The van der Waals surface area contributed by atoms with Crippen LogP contribution in [-0.4, -0.2) is 35.7 Å². The second-order valence-corrected chi connectivity index (χ2v) is 5.86. The lowest BCUT2D eigenvalue weighted by molar-refractivity contribution is 0.289. The largest absolute Gasteiger partial charge is 0.311 e. The zero-order valence-corrected chi connectivity index (χ0v) is 12.8. The van der Waals surface area contributed by atoms with Crippen LogP contribution in [0.3, 0.4) is 0 Å². The summed E-state index contributed by atoms with van der Waals surface area (Å²) in [4.78, 5) is 2.25. The maximum Gasteiger partial charge on any atom is 0.0638 e. The number of H-pyrrole nitrogens is 1. The van der Waals surface area contributed by atoms with Gasteiger partial charge in [-0.3, -0.25) is 5.10 Å². The van der Waals surface area contributed by atoms with Gasteiger partial charge in [-0.15, -0.1) is 0 Å². The molecule has 104 valence electrons. The van der Waals surface area contributed by atoms with Crippen LogP contribution >= 0.6 is 11.3 Å². The summed E-state index contributed by atoms with van der Waals surface area (Å²) in [5.74, 6) is 0. The molecule has 0 saturated carbocycles. The number of nitrogens with one attached hydrogen (secondary N) is 2. The summed E-state index contributed by atoms with van der Waals surface area (Å²) in [6, 6.07) is 2.62. The summed E-state index contributed by atoms with van der Waals surface area (Å²) in [6.45, 7) is 5.92. The van der Waals surface area contributed by atoms with Crippen LogP contribution in [0, 0.1) is 13.8 Å². The first-order valence-electron chi connectivity index (χ1n) is 6.49. The third kappa shape index (κ3) is 3.43. The topological polar surface area (TPSA) is 44.0 Å². The highest BCUT2D eigenvalue weighted by atomic mass is 32.1. The first-order chi connectivity index (χ1) is 9.09. The Balaban J connectivity index is 1.94. The van der Waals surface area contributed by atoms with E-state index >= 15 is 0 Å². The van der Waals surface area contributed by atoms with E-state index in [0.717, 1.165) is 24.5 Å². The molecule has 4 nitrogen and oxygen atoms in total. The summed E-state index contributed by atoms with van der Waals surface area (Å²) in [5.41, 5.74) is 4.90. The first kappa shape index (κ1) is 14.2. The molecular weight excluding hydrogens is 256 g/mol. The van der Waals surface area contributed by atoms with Crippen molar-refractivity contribution in [2.24, 2.45) is 0 Å². The zero-order chi connectivity index (χ0) is 13.8. The Morgan fingerprint density at radius 1 is 1.42 bits per heavy atom. The van der Waals surface area contributed by atoms with Crippen LogP contribution in [0.5, 0.6) is 0 Å². The molecule has 0 aliphatic rings. The van der Waals surface area contributed by atoms with Crippen LogP contribution < -0.4 is 5.32 Å². The fraction of sp³-hybridized carbons (Fsp3) is 0.500. The van der Waals surface area contributed by atoms with E-state index in [1.165, 1.54) is 11.1 Å². The second kappa shape index (κ2) is 6.32. The Morgan fingerprint density at radius 3 is 2.74 bits per heavy atom. The van der Waals surface area contributed by atoms with Gasteiger partial charge in [0, 0.05) is 30.4 Å². The first-order valence-corrected chi connectivity index (χ1v) is 7.43. The molecule has 2 N–H and O–H groups in total. The van der Waals surface area contributed by atoms with E-state index in [4.69, 9.17) is 0 Å². The number of nitrogens with zero attached hydrogens (tertiary/aromatic N) is 2. The SMILES string of the molecule is Cc1n[nH]c(C)c1CNC[C@H](c1ccsc1)N(C)C. The smallest absolute Gasteiger partial charge is 0.0638 e. The molecule has 0 fully saturated rings. The minimum atomic E-state index is 0.416. The summed E-state index contributed by atoms with van der Waals surface area (Å²) in [7, 11) is 4.25. The Kier molecular flexibility index (Phi) is 4.74. The van der Waals surface area contributed by atoms with Gasteiger partial charge in [0.05, 0.1) is 5.69 Å². The highest BCUT2D eigenvalue weighted by molar-refractivity contribution is 7.07. The van der Waals surface area contributed by atoms with Gasteiger partial charge in [0.25, 0.3) is 0 Å². The standard InChI is InChI=1S/C14H22N4S/c1-10-13(11(2)17-16-10)7-15-8-14(18(3)4)12-5-6-19-9-12/h5-6,9,14-15H,7-8H2,1-4H3,(H,16,17)/t14-/m1/s1. The van der Waals surface area contributed by atoms with Crippen molar-refractivity contribution in [1.82, 2.24) is 20.4 Å². The van der Waals surface area contributed by atoms with Crippen LogP contribution in [0.1, 0.15) is 28.6 Å². The van der Waals surface area contributed by atoms with E-state index in [1.54, 1.807) is 11.3 Å². The molecule has 1 atom stereocenters. The lowest BCUT2D eigenvalue weighted by Gasteiger charge is -2.24. The third-order valence-electron chi connectivity index (χ3n) is 3.47. The average molecular weight is 278 g/mol. The lowest BCUT2D eigenvalue weighted by atomic mass is 10.1. The molecule has 0 aliphatic heterocycles. The number of aryl methyl sites for hydroxylation is 2. The molecule has 2 rings (SSSR count). The van der Waals surface area contributed by atoms with Gasteiger partial charge in [0.15, 0.2) is 0 Å². The zero-order valence-electron chi connectivity index (χ0n) is 12.0. The maximum atomic E-state index is 4.23. The normalized spacial score (nSPS) is 13.1. The summed E-state index contributed by atoms with van der Waals surface area (Å²) < 4.78 is 0. The van der Waals surface area contributed by atoms with Crippen LogP contribution in [0.4, 0.5) is 0 Å². The maximum absolute atomic E-state index is 4.23. The van der Waals surface area contributed by atoms with Crippen LogP contribution in [0.25, 0.3) is 0 Å². The molecule has 5 heteroatoms. The van der Waals surface area contributed by atoms with Gasteiger partial charge in [-0.2, -0.15) is 16.4 Å². The Labute approximate surface area is 118 Å². The molecular formula is C14H22N4S. The van der Waals surface area contributed by atoms with E-state index in [2.05, 4.69) is 58.3 Å². The van der Waals surface area contributed by atoms with Crippen molar-refractivity contribution in [3.8, 4) is 0 Å². The van der Waals surface area contributed by atoms with Gasteiger partial charge in [0.2, 0.25) is 0 Å². The summed E-state index contributed by atoms with van der Waals surface area (Å²) in [5, 5.41) is 15.2. The fourth-order valence-electron chi connectivity index (χ4n) is 2.23. The molecule has 2 aromatic heterocycles. The number of aromatic amines is 1. The predicted octanol–water partition coefficient (Wildman–Crippen LogP) is 2.48. The molecule has 0 saturated heterocycles. The minimum absolute atomic E-state index is 0.416. The van der Waals surface area contributed by atoms with Gasteiger partial charge in [-0.25, -0.2) is 0 Å². The highest BCUT2D eigenvalue weighted by Gasteiger charge is 2.14. The molecule has 2 heterocycles. The quantitative estimate of drug-likeness (QED) is 0.853. The minimum Gasteiger partial charge on any atom is -0.311 e. The van der Waals surface area contributed by atoms with Gasteiger partial charge >= 0.3 is 0 Å². The summed E-state index contributed by atoms with van der Waals surface area (Å²) in [6.07, 6.45) is 0. The van der Waals surface area contributed by atoms with Gasteiger partial charge in [-0.1, -0.05) is 0 Å². The molecule has 0 radical (unpaired) electrons. The molecule has 19 heavy (non-hydrogen) atoms. The van der Waals surface area contributed by atoms with Crippen LogP contribution in [-0.2, 0) is 6.54 Å². The molecule has 0 unspecified atom stereocenters. The Hall–Kier alpha value is -1.17. The van der Waals surface area contributed by atoms with Crippen molar-refractivity contribution in [3.63, 3.8) is 0 Å². The van der Waals surface area contributed by atoms with Gasteiger partial charge < -0.3 is 10.2 Å². The number of aromatic nitrogens is 2. The summed E-state index contributed by atoms with van der Waals surface area (Å²) >= 11 is 1.75. The molecule has 0 aliphatic carbocycles. The molecule has 0 bridgehead atoms. The van der Waals surface area contributed by atoms with Gasteiger partial charge in [0.1, 0.15) is 0 Å². The monoisotopic (exact) mass is 278 g/mol. The van der Waals surface area contributed by atoms with Crippen molar-refractivity contribution in [2.75, 3.05) is 20.6 Å². The van der Waals surface area contributed by atoms with E-state index in [-0.39, 0.29) is 0 Å². The third-order valence-corrected chi connectivity index (χ3v) is 4.17. The van der Waals surface area contributed by atoms with Crippen molar-refractivity contribution < 1.29 is 0 Å². The van der Waals surface area contributed by atoms with Crippen LogP contribution in [0.2, 0.25) is 0 Å². The predicted molar refractivity (Wildman–Crippen MR) is 80.5 cm³/mol. The second-order valence-electron chi connectivity index (χ2n) is 5.08. The van der Waals surface area contributed by atoms with E-state index < -0.39 is 0 Å². The van der Waals surface area contributed by atoms with Crippen molar-refractivity contribution in [2.45, 2.75) is 26.4 Å². The Morgan fingerprint density at radius 2 is 2.21 bits per heavy atom. The number of rotatable bonds is 6. The number of hydrogen-bond acceptors (Lipinski definition) is 4. The molecule has 0 aromatic carbocycles. The molecule has 0 amide bonds. The highest BCUT2D eigenvalue weighted by Crippen LogP contribution is 2.20. The Bertz CT molecular complexity index is 482. The van der Waals surface area contributed by atoms with E-state index in [9.17, 15) is 0 Å².